The highest BCUT2D eigenvalue weighted by molar-refractivity contribution is 7.98. The molecule has 0 unspecified atom stereocenters. The number of rotatable bonds is 2. The van der Waals surface area contributed by atoms with Crippen molar-refractivity contribution < 1.29 is 0 Å². The molecule has 0 radical (unpaired) electrons. The number of benzene rings is 1. The van der Waals surface area contributed by atoms with Crippen LogP contribution in [0.4, 0.5) is 0 Å². The van der Waals surface area contributed by atoms with Crippen LogP contribution in [0.15, 0.2) is 27.9 Å². The number of aromatic nitrogens is 2. The molecule has 0 fully saturated rings. The molecule has 0 aliphatic heterocycles. The molecule has 0 saturated heterocycles. The summed E-state index contributed by atoms with van der Waals surface area (Å²) < 4.78 is 1.79. The van der Waals surface area contributed by atoms with Gasteiger partial charge in [0.25, 0.3) is 0 Å². The van der Waals surface area contributed by atoms with E-state index in [1.165, 1.54) is 4.90 Å². The van der Waals surface area contributed by atoms with E-state index >= 15 is 0 Å². The van der Waals surface area contributed by atoms with Gasteiger partial charge < -0.3 is 4.98 Å². The Morgan fingerprint density at radius 1 is 1.40 bits per heavy atom. The largest absolute Gasteiger partial charge is 0.326 e. The van der Waals surface area contributed by atoms with Gasteiger partial charge in [-0.1, -0.05) is 0 Å². The number of imidazole rings is 1. The third-order valence-electron chi connectivity index (χ3n) is 2.44. The van der Waals surface area contributed by atoms with Gasteiger partial charge in [-0.25, -0.2) is 4.79 Å². The fraction of sp³-hybridized carbons (Fsp3) is 0.364. The highest BCUT2D eigenvalue weighted by Gasteiger charge is 2.09. The normalized spacial score (nSPS) is 11.5. The molecular formula is C11H14N2OS. The van der Waals surface area contributed by atoms with Crippen LogP contribution in [0.3, 0.4) is 0 Å². The van der Waals surface area contributed by atoms with E-state index in [9.17, 15) is 4.79 Å². The van der Waals surface area contributed by atoms with Crippen LogP contribution in [0.25, 0.3) is 11.0 Å². The van der Waals surface area contributed by atoms with Crippen LogP contribution in [0.2, 0.25) is 0 Å². The Morgan fingerprint density at radius 3 is 2.73 bits per heavy atom. The molecular weight excluding hydrogens is 208 g/mol. The van der Waals surface area contributed by atoms with Crippen molar-refractivity contribution in [2.75, 3.05) is 6.26 Å². The molecule has 80 valence electrons. The summed E-state index contributed by atoms with van der Waals surface area (Å²) in [4.78, 5) is 15.7. The van der Waals surface area contributed by atoms with E-state index in [1.54, 1.807) is 16.3 Å². The first-order valence-corrected chi connectivity index (χ1v) is 6.14. The van der Waals surface area contributed by atoms with Crippen LogP contribution in [0.1, 0.15) is 19.9 Å². The fourth-order valence-electron chi connectivity index (χ4n) is 1.74. The maximum Gasteiger partial charge on any atom is 0.326 e. The lowest BCUT2D eigenvalue weighted by atomic mass is 10.3. The van der Waals surface area contributed by atoms with Crippen LogP contribution >= 0.6 is 11.8 Å². The van der Waals surface area contributed by atoms with Crippen molar-refractivity contribution in [1.82, 2.24) is 9.55 Å². The highest BCUT2D eigenvalue weighted by Crippen LogP contribution is 2.21. The van der Waals surface area contributed by atoms with Gasteiger partial charge in [-0.15, -0.1) is 11.8 Å². The monoisotopic (exact) mass is 222 g/mol. The number of H-pyrrole nitrogens is 1. The Labute approximate surface area is 92.5 Å². The number of fused-ring (bicyclic) bond motifs is 1. The van der Waals surface area contributed by atoms with Crippen molar-refractivity contribution in [2.24, 2.45) is 0 Å². The summed E-state index contributed by atoms with van der Waals surface area (Å²) >= 11 is 1.68. The first-order chi connectivity index (χ1) is 7.13. The van der Waals surface area contributed by atoms with E-state index in [0.29, 0.717) is 0 Å². The first-order valence-electron chi connectivity index (χ1n) is 4.91. The van der Waals surface area contributed by atoms with E-state index in [4.69, 9.17) is 0 Å². The zero-order chi connectivity index (χ0) is 11.0. The first kappa shape index (κ1) is 10.4. The average Bonchev–Trinajstić information content (AvgIpc) is 2.52. The highest BCUT2D eigenvalue weighted by atomic mass is 32.2. The molecule has 0 amide bonds. The van der Waals surface area contributed by atoms with Gasteiger partial charge >= 0.3 is 5.69 Å². The lowest BCUT2D eigenvalue weighted by Crippen LogP contribution is -2.18. The lowest BCUT2D eigenvalue weighted by molar-refractivity contribution is 0.597. The molecule has 0 atom stereocenters. The molecule has 0 bridgehead atoms. The molecule has 0 spiro atoms. The average molecular weight is 222 g/mol. The Balaban J connectivity index is 2.78. The fourth-order valence-corrected chi connectivity index (χ4v) is 2.17. The summed E-state index contributed by atoms with van der Waals surface area (Å²) in [6, 6.07) is 6.22. The van der Waals surface area contributed by atoms with Gasteiger partial charge in [-0.3, -0.25) is 4.57 Å². The van der Waals surface area contributed by atoms with Crippen LogP contribution in [0, 0.1) is 0 Å². The lowest BCUT2D eigenvalue weighted by Gasteiger charge is -2.07. The van der Waals surface area contributed by atoms with E-state index in [2.05, 4.69) is 11.1 Å². The third kappa shape index (κ3) is 1.69. The quantitative estimate of drug-likeness (QED) is 0.793. The molecule has 1 N–H and O–H groups in total. The van der Waals surface area contributed by atoms with E-state index in [0.717, 1.165) is 11.0 Å². The zero-order valence-electron chi connectivity index (χ0n) is 9.07. The Bertz CT molecular complexity index is 539. The van der Waals surface area contributed by atoms with E-state index < -0.39 is 0 Å². The summed E-state index contributed by atoms with van der Waals surface area (Å²) in [6.45, 7) is 4.03. The molecule has 15 heavy (non-hydrogen) atoms. The second-order valence-electron chi connectivity index (χ2n) is 3.78. The van der Waals surface area contributed by atoms with Gasteiger partial charge in [0.05, 0.1) is 11.0 Å². The number of aromatic amines is 1. The minimum Gasteiger partial charge on any atom is -0.306 e. The number of nitrogens with zero attached hydrogens (tertiary/aromatic N) is 1. The van der Waals surface area contributed by atoms with Gasteiger partial charge in [0.1, 0.15) is 0 Å². The Morgan fingerprint density at radius 2 is 2.13 bits per heavy atom. The molecule has 0 saturated carbocycles. The molecule has 0 aliphatic carbocycles. The number of nitrogens with one attached hydrogen (secondary N) is 1. The van der Waals surface area contributed by atoms with Gasteiger partial charge in [0.2, 0.25) is 0 Å². The van der Waals surface area contributed by atoms with Crippen molar-refractivity contribution >= 4 is 22.8 Å². The van der Waals surface area contributed by atoms with Crippen molar-refractivity contribution in [2.45, 2.75) is 24.8 Å². The molecule has 0 aliphatic rings. The van der Waals surface area contributed by atoms with Crippen LogP contribution in [0.5, 0.6) is 0 Å². The predicted molar refractivity (Wildman–Crippen MR) is 64.7 cm³/mol. The molecule has 1 heterocycles. The van der Waals surface area contributed by atoms with Crippen LogP contribution in [-0.4, -0.2) is 15.8 Å². The van der Waals surface area contributed by atoms with Gasteiger partial charge in [0.15, 0.2) is 0 Å². The number of thioether (sulfide) groups is 1. The molecule has 3 nitrogen and oxygen atoms in total. The van der Waals surface area contributed by atoms with Crippen molar-refractivity contribution in [3.63, 3.8) is 0 Å². The van der Waals surface area contributed by atoms with Crippen LogP contribution < -0.4 is 5.69 Å². The van der Waals surface area contributed by atoms with Crippen molar-refractivity contribution in [3.05, 3.63) is 28.7 Å². The number of hydrogen-bond donors (Lipinski definition) is 1. The summed E-state index contributed by atoms with van der Waals surface area (Å²) in [5, 5.41) is 0. The molecule has 4 heteroatoms. The standard InChI is InChI=1S/C11H14N2OS/c1-7(2)13-10-6-8(15-3)4-5-9(10)12-11(13)14/h4-7H,1-3H3,(H,12,14). The topological polar surface area (TPSA) is 37.8 Å². The van der Waals surface area contributed by atoms with Crippen molar-refractivity contribution in [3.8, 4) is 0 Å². The smallest absolute Gasteiger partial charge is 0.306 e. The zero-order valence-corrected chi connectivity index (χ0v) is 9.89. The summed E-state index contributed by atoms with van der Waals surface area (Å²) in [6.07, 6.45) is 2.03. The van der Waals surface area contributed by atoms with Crippen molar-refractivity contribution in [1.29, 1.82) is 0 Å². The van der Waals surface area contributed by atoms with Gasteiger partial charge in [-0.05, 0) is 38.3 Å². The van der Waals surface area contributed by atoms with Gasteiger partial charge in [-0.2, -0.15) is 0 Å². The molecule has 2 rings (SSSR count). The summed E-state index contributed by atoms with van der Waals surface area (Å²) in [5.41, 5.74) is 1.87. The maximum atomic E-state index is 11.7. The summed E-state index contributed by atoms with van der Waals surface area (Å²) in [7, 11) is 0. The Kier molecular flexibility index (Phi) is 2.61. The van der Waals surface area contributed by atoms with E-state index in [-0.39, 0.29) is 11.7 Å². The van der Waals surface area contributed by atoms with E-state index in [1.807, 2.05) is 32.2 Å². The second kappa shape index (κ2) is 3.77. The second-order valence-corrected chi connectivity index (χ2v) is 4.66. The summed E-state index contributed by atoms with van der Waals surface area (Å²) in [5.74, 6) is 0. The van der Waals surface area contributed by atoms with Gasteiger partial charge in [0, 0.05) is 10.9 Å². The van der Waals surface area contributed by atoms with Crippen LogP contribution in [-0.2, 0) is 0 Å². The maximum absolute atomic E-state index is 11.7. The number of hydrogen-bond acceptors (Lipinski definition) is 2. The molecule has 1 aromatic heterocycles. The molecule has 1 aromatic carbocycles. The predicted octanol–water partition coefficient (Wildman–Crippen LogP) is 2.63. The minimum atomic E-state index is -0.0294. The Hall–Kier alpha value is -1.16. The minimum absolute atomic E-state index is 0.0294. The molecule has 2 aromatic rings. The third-order valence-corrected chi connectivity index (χ3v) is 3.17. The SMILES string of the molecule is CSc1ccc2[nH]c(=O)n(C(C)C)c2c1.